The first-order valence-electron chi connectivity index (χ1n) is 9.40. The first kappa shape index (κ1) is 18.9. The molecule has 2 fully saturated rings. The van der Waals surface area contributed by atoms with Gasteiger partial charge in [-0.1, -0.05) is 26.0 Å². The number of esters is 2. The lowest BCUT2D eigenvalue weighted by atomic mass is 9.90. The Morgan fingerprint density at radius 2 is 1.18 bits per heavy atom. The molecule has 2 aromatic rings. The third-order valence-electron chi connectivity index (χ3n) is 5.22. The summed E-state index contributed by atoms with van der Waals surface area (Å²) < 4.78 is 21.2. The Hall–Kier alpha value is -2.44. The van der Waals surface area contributed by atoms with Gasteiger partial charge >= 0.3 is 11.9 Å². The number of benzene rings is 2. The first-order chi connectivity index (χ1) is 13.4. The van der Waals surface area contributed by atoms with E-state index < -0.39 is 0 Å². The van der Waals surface area contributed by atoms with E-state index in [1.807, 2.05) is 26.0 Å². The summed E-state index contributed by atoms with van der Waals surface area (Å²) >= 11 is 0. The van der Waals surface area contributed by atoms with E-state index in [-0.39, 0.29) is 22.8 Å². The van der Waals surface area contributed by atoms with E-state index in [0.717, 1.165) is 10.8 Å². The minimum absolute atomic E-state index is 0.0789. The van der Waals surface area contributed by atoms with Crippen molar-refractivity contribution in [3.63, 3.8) is 0 Å². The average Bonchev–Trinajstić information content (AvgIpc) is 2.66. The average molecular weight is 384 g/mol. The van der Waals surface area contributed by atoms with E-state index in [1.54, 1.807) is 24.3 Å². The predicted octanol–water partition coefficient (Wildman–Crippen LogP) is 3.23. The van der Waals surface area contributed by atoms with Crippen LogP contribution < -0.4 is 0 Å². The van der Waals surface area contributed by atoms with Crippen LogP contribution in [0.1, 0.15) is 34.6 Å². The van der Waals surface area contributed by atoms with Crippen molar-refractivity contribution in [3.8, 4) is 0 Å². The number of ether oxygens (including phenoxy) is 4. The fraction of sp³-hybridized carbons (Fsp3) is 0.455. The fourth-order valence-corrected chi connectivity index (χ4v) is 3.21. The Kier molecular flexibility index (Phi) is 4.85. The second kappa shape index (κ2) is 7.18. The zero-order chi connectivity index (χ0) is 19.8. The molecule has 0 aromatic heterocycles. The highest BCUT2D eigenvalue weighted by molar-refractivity contribution is 5.99. The standard InChI is InChI=1S/C22H24O6/c1-21(9-25-10-21)13-27-19(23)17-5-3-16-8-18(6-4-15(16)7-17)20(24)28-14-22(2)11-26-12-22/h3-8H,9-14H2,1-2H3. The van der Waals surface area contributed by atoms with E-state index in [4.69, 9.17) is 18.9 Å². The maximum absolute atomic E-state index is 12.3. The molecular weight excluding hydrogens is 360 g/mol. The molecule has 2 aliphatic heterocycles. The summed E-state index contributed by atoms with van der Waals surface area (Å²) in [5.74, 6) is -0.705. The van der Waals surface area contributed by atoms with Crippen molar-refractivity contribution in [3.05, 3.63) is 47.5 Å². The molecular formula is C22H24O6. The van der Waals surface area contributed by atoms with Gasteiger partial charge in [-0.25, -0.2) is 9.59 Å². The number of hydrogen-bond acceptors (Lipinski definition) is 6. The molecule has 4 rings (SSSR count). The molecule has 2 aliphatic rings. The summed E-state index contributed by atoms with van der Waals surface area (Å²) in [5, 5.41) is 1.73. The molecule has 2 saturated heterocycles. The summed E-state index contributed by atoms with van der Waals surface area (Å²) in [6, 6.07) is 10.6. The quantitative estimate of drug-likeness (QED) is 0.712. The van der Waals surface area contributed by atoms with Gasteiger partial charge in [-0.15, -0.1) is 0 Å². The van der Waals surface area contributed by atoms with Gasteiger partial charge in [-0.2, -0.15) is 0 Å². The van der Waals surface area contributed by atoms with Crippen molar-refractivity contribution in [1.82, 2.24) is 0 Å². The zero-order valence-corrected chi connectivity index (χ0v) is 16.2. The van der Waals surface area contributed by atoms with Gasteiger partial charge in [0.1, 0.15) is 13.2 Å². The minimum Gasteiger partial charge on any atom is -0.461 e. The third-order valence-corrected chi connectivity index (χ3v) is 5.22. The molecule has 0 atom stereocenters. The van der Waals surface area contributed by atoms with Crippen molar-refractivity contribution in [2.24, 2.45) is 10.8 Å². The lowest BCUT2D eigenvalue weighted by Crippen LogP contribution is -2.44. The molecule has 0 saturated carbocycles. The lowest BCUT2D eigenvalue weighted by molar-refractivity contribution is -0.127. The van der Waals surface area contributed by atoms with Crippen LogP contribution in [0.25, 0.3) is 10.8 Å². The van der Waals surface area contributed by atoms with Crippen LogP contribution in [0, 0.1) is 10.8 Å². The molecule has 0 unspecified atom stereocenters. The Morgan fingerprint density at radius 1 is 0.786 bits per heavy atom. The largest absolute Gasteiger partial charge is 0.461 e. The molecule has 0 aliphatic carbocycles. The Labute approximate surface area is 163 Å². The Morgan fingerprint density at radius 3 is 1.50 bits per heavy atom. The topological polar surface area (TPSA) is 71.1 Å². The minimum atomic E-state index is -0.352. The van der Waals surface area contributed by atoms with Crippen LogP contribution in [0.3, 0.4) is 0 Å². The van der Waals surface area contributed by atoms with Crippen molar-refractivity contribution >= 4 is 22.7 Å². The third kappa shape index (κ3) is 3.88. The second-order valence-corrected chi connectivity index (χ2v) is 8.54. The zero-order valence-electron chi connectivity index (χ0n) is 16.2. The van der Waals surface area contributed by atoms with Crippen molar-refractivity contribution < 1.29 is 28.5 Å². The van der Waals surface area contributed by atoms with E-state index in [0.29, 0.717) is 50.8 Å². The van der Waals surface area contributed by atoms with Gasteiger partial charge < -0.3 is 18.9 Å². The van der Waals surface area contributed by atoms with Crippen LogP contribution in [0.15, 0.2) is 36.4 Å². The predicted molar refractivity (Wildman–Crippen MR) is 102 cm³/mol. The summed E-state index contributed by atoms with van der Waals surface area (Å²) in [6.45, 7) is 7.21. The normalized spacial score (nSPS) is 19.4. The monoisotopic (exact) mass is 384 g/mol. The number of carbonyl (C=O) groups is 2. The van der Waals surface area contributed by atoms with Crippen LogP contribution in [0.2, 0.25) is 0 Å². The van der Waals surface area contributed by atoms with E-state index >= 15 is 0 Å². The van der Waals surface area contributed by atoms with Crippen LogP contribution in [-0.4, -0.2) is 51.6 Å². The van der Waals surface area contributed by atoms with Crippen molar-refractivity contribution in [2.75, 3.05) is 39.6 Å². The molecule has 2 heterocycles. The molecule has 0 amide bonds. The highest BCUT2D eigenvalue weighted by Gasteiger charge is 2.35. The van der Waals surface area contributed by atoms with Crippen LogP contribution in [0.4, 0.5) is 0 Å². The fourth-order valence-electron chi connectivity index (χ4n) is 3.21. The summed E-state index contributed by atoms with van der Waals surface area (Å²) in [5.41, 5.74) is 0.823. The van der Waals surface area contributed by atoms with E-state index in [9.17, 15) is 9.59 Å². The Bertz CT molecular complexity index is 835. The maximum Gasteiger partial charge on any atom is 0.338 e. The van der Waals surface area contributed by atoms with Gasteiger partial charge in [0.2, 0.25) is 0 Å². The first-order valence-corrected chi connectivity index (χ1v) is 9.40. The van der Waals surface area contributed by atoms with Gasteiger partial charge in [0.25, 0.3) is 0 Å². The van der Waals surface area contributed by atoms with Crippen LogP contribution >= 0.6 is 0 Å². The number of fused-ring (bicyclic) bond motifs is 1. The van der Waals surface area contributed by atoms with Gasteiger partial charge in [-0.05, 0) is 35.0 Å². The van der Waals surface area contributed by atoms with E-state index in [2.05, 4.69) is 0 Å². The maximum atomic E-state index is 12.3. The SMILES string of the molecule is CC1(COC(=O)c2ccc3cc(C(=O)OCC4(C)COC4)ccc3c2)COC1. The van der Waals surface area contributed by atoms with Crippen molar-refractivity contribution in [1.29, 1.82) is 0 Å². The summed E-state index contributed by atoms with van der Waals surface area (Å²) in [6.07, 6.45) is 0. The second-order valence-electron chi connectivity index (χ2n) is 8.54. The molecule has 0 radical (unpaired) electrons. The molecule has 28 heavy (non-hydrogen) atoms. The van der Waals surface area contributed by atoms with E-state index in [1.165, 1.54) is 0 Å². The van der Waals surface area contributed by atoms with Crippen LogP contribution in [0.5, 0.6) is 0 Å². The molecule has 0 spiro atoms. The number of carbonyl (C=O) groups excluding carboxylic acids is 2. The lowest BCUT2D eigenvalue weighted by Gasteiger charge is -2.37. The summed E-state index contributed by atoms with van der Waals surface area (Å²) in [4.78, 5) is 24.6. The molecule has 0 bridgehead atoms. The highest BCUT2D eigenvalue weighted by Crippen LogP contribution is 2.28. The Balaban J connectivity index is 1.41. The molecule has 148 valence electrons. The summed E-state index contributed by atoms with van der Waals surface area (Å²) in [7, 11) is 0. The van der Waals surface area contributed by atoms with Gasteiger partial charge in [0, 0.05) is 10.8 Å². The molecule has 6 heteroatoms. The molecule has 0 N–H and O–H groups in total. The number of rotatable bonds is 6. The van der Waals surface area contributed by atoms with Crippen molar-refractivity contribution in [2.45, 2.75) is 13.8 Å². The van der Waals surface area contributed by atoms with Crippen LogP contribution in [-0.2, 0) is 18.9 Å². The smallest absolute Gasteiger partial charge is 0.338 e. The number of hydrogen-bond donors (Lipinski definition) is 0. The molecule has 2 aromatic carbocycles. The van der Waals surface area contributed by atoms with Gasteiger partial charge in [0.05, 0.1) is 37.6 Å². The molecule has 6 nitrogen and oxygen atoms in total. The van der Waals surface area contributed by atoms with Gasteiger partial charge in [0.15, 0.2) is 0 Å². The van der Waals surface area contributed by atoms with Gasteiger partial charge in [-0.3, -0.25) is 0 Å². The highest BCUT2D eigenvalue weighted by atomic mass is 16.6.